The lowest BCUT2D eigenvalue weighted by molar-refractivity contribution is -0.118. The van der Waals surface area contributed by atoms with Gasteiger partial charge in [0.15, 0.2) is 22.8 Å². The van der Waals surface area contributed by atoms with Crippen molar-refractivity contribution in [1.29, 1.82) is 0 Å². The summed E-state index contributed by atoms with van der Waals surface area (Å²) in [6, 6.07) is 6.48. The van der Waals surface area contributed by atoms with Gasteiger partial charge in [-0.15, -0.1) is 0 Å². The highest BCUT2D eigenvalue weighted by Crippen LogP contribution is 2.54. The minimum atomic E-state index is -0.306. The number of ether oxygens (including phenoxy) is 3. The first-order valence-electron chi connectivity index (χ1n) is 11.7. The van der Waals surface area contributed by atoms with E-state index < -0.39 is 0 Å². The molecule has 0 atom stereocenters. The number of aromatic nitrogens is 1. The quantitative estimate of drug-likeness (QED) is 0.242. The third-order valence-electron chi connectivity index (χ3n) is 5.89. The van der Waals surface area contributed by atoms with E-state index >= 15 is 0 Å². The maximum Gasteiger partial charge on any atom is 0.246 e. The van der Waals surface area contributed by atoms with Crippen molar-refractivity contribution in [2.24, 2.45) is 4.99 Å². The van der Waals surface area contributed by atoms with Gasteiger partial charge in [0.2, 0.25) is 11.8 Å². The number of anilines is 3. The number of methoxy groups -OCH3 is 2. The minimum Gasteiger partial charge on any atom is -0.494 e. The average molecular weight is 557 g/mol. The zero-order chi connectivity index (χ0) is 27.1. The number of hydrogen-bond acceptors (Lipinski definition) is 8. The lowest BCUT2D eigenvalue weighted by atomic mass is 10.1. The van der Waals surface area contributed by atoms with Crippen molar-refractivity contribution >= 4 is 63.2 Å². The number of fused-ring (bicyclic) bond motifs is 4. The molecule has 2 aromatic carbocycles. The van der Waals surface area contributed by atoms with Crippen molar-refractivity contribution in [2.45, 2.75) is 26.7 Å². The first kappa shape index (κ1) is 25.6. The van der Waals surface area contributed by atoms with Gasteiger partial charge in [-0.2, -0.15) is 0 Å². The lowest BCUT2D eigenvalue weighted by Gasteiger charge is -2.26. The van der Waals surface area contributed by atoms with Gasteiger partial charge in [-0.3, -0.25) is 9.59 Å². The number of benzene rings is 3. The molecular formula is C26H22Cl2N4O6. The summed E-state index contributed by atoms with van der Waals surface area (Å²) in [7, 11) is 2.97. The minimum absolute atomic E-state index is 0.159. The molecule has 0 saturated heterocycles. The van der Waals surface area contributed by atoms with Crippen molar-refractivity contribution in [3.05, 3.63) is 39.7 Å². The van der Waals surface area contributed by atoms with Crippen LogP contribution in [0.1, 0.15) is 26.7 Å². The number of hydrogen-bond donors (Lipinski definition) is 2. The highest BCUT2D eigenvalue weighted by atomic mass is 35.5. The van der Waals surface area contributed by atoms with Crippen molar-refractivity contribution in [3.63, 3.8) is 0 Å². The van der Waals surface area contributed by atoms with Gasteiger partial charge in [-0.1, -0.05) is 37.0 Å². The van der Waals surface area contributed by atoms with E-state index in [9.17, 15) is 9.59 Å². The Morgan fingerprint density at radius 3 is 2.50 bits per heavy atom. The van der Waals surface area contributed by atoms with Gasteiger partial charge in [0.05, 0.1) is 25.6 Å². The summed E-state index contributed by atoms with van der Waals surface area (Å²) < 4.78 is 23.1. The number of carbonyl (C=O) groups is 2. The molecule has 2 aromatic rings. The SMILES string of the molecule is CCC(=O)N=c1cc2oc3c(Cl)c4c(c(Cl)c3nc-2cc1OC)Oc1cc(NC(=O)CC)c(OC)cc1N4. The lowest BCUT2D eigenvalue weighted by Crippen LogP contribution is -2.12. The Morgan fingerprint density at radius 1 is 1.05 bits per heavy atom. The largest absolute Gasteiger partial charge is 0.494 e. The number of nitrogens with zero attached hydrogens (tertiary/aromatic N) is 2. The van der Waals surface area contributed by atoms with E-state index in [1.807, 2.05) is 0 Å². The molecule has 196 valence electrons. The molecule has 2 N–H and O–H groups in total. The maximum absolute atomic E-state index is 12.0. The Balaban J connectivity index is 1.68. The summed E-state index contributed by atoms with van der Waals surface area (Å²) in [6.07, 6.45) is 0.542. The standard InChI is InChI=1S/C26H22Cl2N4O6/c1-5-19(33)29-11-9-17-13(7-15(11)35-3)31-23-22(28)26-24(21(27)25(23)37-17)32-14-8-16(36-4)12(10-18(14)38-26)30-20(34)6-2/h7-10,31H,5-6H2,1-4H3,(H,29,33). The van der Waals surface area contributed by atoms with E-state index in [2.05, 4.69) is 20.6 Å². The third kappa shape index (κ3) is 4.35. The van der Waals surface area contributed by atoms with E-state index in [4.69, 9.17) is 41.8 Å². The molecule has 10 nitrogen and oxygen atoms in total. The normalized spacial score (nSPS) is 12.4. The second-order valence-electron chi connectivity index (χ2n) is 8.25. The number of amides is 2. The molecule has 0 bridgehead atoms. The average Bonchev–Trinajstić information content (AvgIpc) is 2.93. The Labute approximate surface area is 226 Å². The van der Waals surface area contributed by atoms with Gasteiger partial charge in [0, 0.05) is 37.1 Å². The first-order chi connectivity index (χ1) is 18.3. The molecule has 38 heavy (non-hydrogen) atoms. The van der Waals surface area contributed by atoms with E-state index in [0.29, 0.717) is 57.5 Å². The molecule has 2 amide bonds. The number of rotatable bonds is 5. The highest BCUT2D eigenvalue weighted by molar-refractivity contribution is 6.43. The zero-order valence-electron chi connectivity index (χ0n) is 20.8. The van der Waals surface area contributed by atoms with Gasteiger partial charge in [0.1, 0.15) is 43.8 Å². The Hall–Kier alpha value is -4.02. The summed E-state index contributed by atoms with van der Waals surface area (Å²) in [6.45, 7) is 3.47. The summed E-state index contributed by atoms with van der Waals surface area (Å²) in [4.78, 5) is 32.6. The van der Waals surface area contributed by atoms with Crippen molar-refractivity contribution < 1.29 is 28.2 Å². The molecule has 0 fully saturated rings. The van der Waals surface area contributed by atoms with Crippen molar-refractivity contribution in [2.75, 3.05) is 24.9 Å². The molecule has 2 aliphatic heterocycles. The summed E-state index contributed by atoms with van der Waals surface area (Å²) in [5.74, 6) is 1.26. The van der Waals surface area contributed by atoms with E-state index in [1.54, 1.807) is 38.1 Å². The van der Waals surface area contributed by atoms with Crippen LogP contribution in [-0.4, -0.2) is 31.0 Å². The predicted octanol–water partition coefficient (Wildman–Crippen LogP) is 6.29. The Kier molecular flexibility index (Phi) is 6.77. The van der Waals surface area contributed by atoms with Crippen LogP contribution in [0.25, 0.3) is 22.6 Å². The second kappa shape index (κ2) is 10.0. The second-order valence-corrected chi connectivity index (χ2v) is 9.01. The van der Waals surface area contributed by atoms with Crippen LogP contribution < -0.4 is 30.2 Å². The van der Waals surface area contributed by atoms with Gasteiger partial charge in [0.25, 0.3) is 0 Å². The smallest absolute Gasteiger partial charge is 0.246 e. The van der Waals surface area contributed by atoms with Crippen LogP contribution in [0.5, 0.6) is 23.0 Å². The monoisotopic (exact) mass is 556 g/mol. The van der Waals surface area contributed by atoms with Crippen LogP contribution in [0.4, 0.5) is 17.1 Å². The topological polar surface area (TPSA) is 124 Å². The van der Waals surface area contributed by atoms with Crippen LogP contribution in [-0.2, 0) is 9.59 Å². The summed E-state index contributed by atoms with van der Waals surface area (Å²) in [5, 5.41) is 6.66. The van der Waals surface area contributed by atoms with Crippen molar-refractivity contribution in [3.8, 4) is 34.5 Å². The number of carbonyl (C=O) groups excluding carboxylic acids is 2. The number of nitrogens with one attached hydrogen (secondary N) is 2. The molecular weight excluding hydrogens is 535 g/mol. The fourth-order valence-electron chi connectivity index (χ4n) is 3.93. The molecule has 0 saturated carbocycles. The maximum atomic E-state index is 12.0. The van der Waals surface area contributed by atoms with Gasteiger partial charge in [-0.25, -0.2) is 9.98 Å². The summed E-state index contributed by atoms with van der Waals surface area (Å²) >= 11 is 13.5. The van der Waals surface area contributed by atoms with Gasteiger partial charge in [-0.05, 0) is 0 Å². The van der Waals surface area contributed by atoms with Gasteiger partial charge >= 0.3 is 0 Å². The van der Waals surface area contributed by atoms with Crippen LogP contribution in [0.2, 0.25) is 10.0 Å². The molecule has 0 unspecified atom stereocenters. The molecule has 5 rings (SSSR count). The fourth-order valence-corrected chi connectivity index (χ4v) is 4.45. The molecule has 12 heteroatoms. The van der Waals surface area contributed by atoms with Gasteiger partial charge < -0.3 is 29.3 Å². The Morgan fingerprint density at radius 2 is 1.82 bits per heavy atom. The first-order valence-corrected chi connectivity index (χ1v) is 12.4. The molecule has 0 aromatic heterocycles. The molecule has 2 heterocycles. The van der Waals surface area contributed by atoms with E-state index in [-0.39, 0.29) is 45.1 Å². The molecule has 0 spiro atoms. The molecule has 3 aliphatic rings. The third-order valence-corrected chi connectivity index (χ3v) is 6.60. The highest BCUT2D eigenvalue weighted by Gasteiger charge is 2.29. The van der Waals surface area contributed by atoms with E-state index in [1.165, 1.54) is 14.2 Å². The zero-order valence-corrected chi connectivity index (χ0v) is 22.3. The van der Waals surface area contributed by atoms with E-state index in [0.717, 1.165) is 0 Å². The number of halogens is 2. The Bertz CT molecular complexity index is 1670. The van der Waals surface area contributed by atoms with Crippen LogP contribution in [0, 0.1) is 0 Å². The van der Waals surface area contributed by atoms with Crippen LogP contribution in [0.15, 0.2) is 33.7 Å². The predicted molar refractivity (Wildman–Crippen MR) is 143 cm³/mol. The molecule has 1 aliphatic carbocycles. The fraction of sp³-hybridized carbons (Fsp3) is 0.231. The molecule has 0 radical (unpaired) electrons. The van der Waals surface area contributed by atoms with Crippen molar-refractivity contribution in [1.82, 2.24) is 4.98 Å². The van der Waals surface area contributed by atoms with Crippen LogP contribution in [0.3, 0.4) is 0 Å². The van der Waals surface area contributed by atoms with Crippen LogP contribution >= 0.6 is 23.2 Å². The summed E-state index contributed by atoms with van der Waals surface area (Å²) in [5.41, 5.74) is 2.23.